The molecule has 120 valence electrons. The zero-order chi connectivity index (χ0) is 16.4. The molecule has 23 heavy (non-hydrogen) atoms. The second-order valence-electron chi connectivity index (χ2n) is 5.53. The Bertz CT molecular complexity index is 848. The lowest BCUT2D eigenvalue weighted by Gasteiger charge is -2.13. The summed E-state index contributed by atoms with van der Waals surface area (Å²) in [4.78, 5) is 12.5. The highest BCUT2D eigenvalue weighted by atomic mass is 35.5. The molecule has 1 aliphatic heterocycles. The molecule has 1 aliphatic rings. The van der Waals surface area contributed by atoms with Crippen LogP contribution in [0.5, 0.6) is 0 Å². The van der Waals surface area contributed by atoms with Gasteiger partial charge in [0, 0.05) is 11.4 Å². The third-order valence-corrected chi connectivity index (χ3v) is 6.11. The molecule has 0 radical (unpaired) electrons. The molecule has 1 heterocycles. The fourth-order valence-corrected chi connectivity index (χ4v) is 4.75. The summed E-state index contributed by atoms with van der Waals surface area (Å²) in [6.45, 7) is 0. The Labute approximate surface area is 140 Å². The Morgan fingerprint density at radius 3 is 2.61 bits per heavy atom. The van der Waals surface area contributed by atoms with Gasteiger partial charge in [-0.15, -0.1) is 0 Å². The Kier molecular flexibility index (Phi) is 4.41. The summed E-state index contributed by atoms with van der Waals surface area (Å²) in [6, 6.07) is 13.7. The van der Waals surface area contributed by atoms with Crippen LogP contribution in [0, 0.1) is 0 Å². The molecule has 1 atom stereocenters. The zero-order valence-electron chi connectivity index (χ0n) is 12.3. The predicted octanol–water partition coefficient (Wildman–Crippen LogP) is 2.92. The summed E-state index contributed by atoms with van der Waals surface area (Å²) in [7, 11) is -3.31. The summed E-state index contributed by atoms with van der Waals surface area (Å²) in [5.41, 5.74) is 1.57. The fraction of sp³-hybridized carbons (Fsp3) is 0.235. The molecule has 0 saturated heterocycles. The van der Waals surface area contributed by atoms with Crippen LogP contribution >= 0.6 is 11.6 Å². The summed E-state index contributed by atoms with van der Waals surface area (Å²) in [6.07, 6.45) is 0.787. The number of carbonyl (C=O) groups is 1. The van der Waals surface area contributed by atoms with E-state index in [4.69, 9.17) is 11.6 Å². The van der Waals surface area contributed by atoms with E-state index < -0.39 is 15.9 Å². The highest BCUT2D eigenvalue weighted by Crippen LogP contribution is 2.33. The van der Waals surface area contributed by atoms with Crippen molar-refractivity contribution < 1.29 is 13.2 Å². The lowest BCUT2D eigenvalue weighted by Crippen LogP contribution is -2.29. The lowest BCUT2D eigenvalue weighted by molar-refractivity contribution is -0.121. The molecule has 1 N–H and O–H groups in total. The maximum absolute atomic E-state index is 12.2. The van der Waals surface area contributed by atoms with E-state index >= 15 is 0 Å². The van der Waals surface area contributed by atoms with Crippen LogP contribution < -0.4 is 5.32 Å². The van der Waals surface area contributed by atoms with Gasteiger partial charge in [0.2, 0.25) is 5.91 Å². The van der Waals surface area contributed by atoms with Gasteiger partial charge in [-0.25, -0.2) is 8.42 Å². The van der Waals surface area contributed by atoms with Crippen LogP contribution in [-0.4, -0.2) is 20.1 Å². The van der Waals surface area contributed by atoms with Gasteiger partial charge in [-0.1, -0.05) is 48.0 Å². The quantitative estimate of drug-likeness (QED) is 0.923. The van der Waals surface area contributed by atoms with Crippen LogP contribution in [0.4, 0.5) is 0 Å². The first-order chi connectivity index (χ1) is 11.0. The molecule has 0 aromatic heterocycles. The van der Waals surface area contributed by atoms with Crippen LogP contribution in [0.15, 0.2) is 53.4 Å². The van der Waals surface area contributed by atoms with E-state index in [1.54, 1.807) is 30.3 Å². The van der Waals surface area contributed by atoms with Crippen molar-refractivity contribution in [1.29, 1.82) is 0 Å². The van der Waals surface area contributed by atoms with Gasteiger partial charge in [-0.3, -0.25) is 4.79 Å². The number of carbonyl (C=O) groups excluding carboxylic acids is 1. The molecule has 0 saturated carbocycles. The number of fused-ring (bicyclic) bond motifs is 1. The number of hydrogen-bond acceptors (Lipinski definition) is 3. The summed E-state index contributed by atoms with van der Waals surface area (Å²) < 4.78 is 24.2. The van der Waals surface area contributed by atoms with Crippen LogP contribution in [0.2, 0.25) is 5.02 Å². The number of sulfone groups is 1. The third-order valence-electron chi connectivity index (χ3n) is 3.93. The van der Waals surface area contributed by atoms with Crippen molar-refractivity contribution in [3.63, 3.8) is 0 Å². The number of amides is 1. The van der Waals surface area contributed by atoms with Crippen molar-refractivity contribution >= 4 is 27.3 Å². The average Bonchev–Trinajstić information content (AvgIpc) is 2.78. The van der Waals surface area contributed by atoms with E-state index in [-0.39, 0.29) is 18.1 Å². The minimum atomic E-state index is -3.31. The molecule has 2 aromatic carbocycles. The first-order valence-corrected chi connectivity index (χ1v) is 9.35. The Morgan fingerprint density at radius 1 is 1.13 bits per heavy atom. The first kappa shape index (κ1) is 16.0. The predicted molar refractivity (Wildman–Crippen MR) is 89.2 cm³/mol. The molecule has 0 fully saturated rings. The number of hydrogen-bond donors (Lipinski definition) is 1. The molecular formula is C17H16ClNO3S. The number of aryl methyl sites for hydroxylation is 1. The number of rotatable bonds is 4. The zero-order valence-corrected chi connectivity index (χ0v) is 13.9. The van der Waals surface area contributed by atoms with E-state index in [2.05, 4.69) is 5.32 Å². The van der Waals surface area contributed by atoms with Crippen molar-refractivity contribution in [1.82, 2.24) is 5.32 Å². The van der Waals surface area contributed by atoms with E-state index in [9.17, 15) is 13.2 Å². The molecule has 1 amide bonds. The SMILES string of the molecule is O=C(CCc1ccccc1Cl)N[C@@H]1CS(=O)(=O)c2ccccc21. The monoisotopic (exact) mass is 349 g/mol. The minimum absolute atomic E-state index is 0.0792. The molecule has 2 aromatic rings. The van der Waals surface area contributed by atoms with E-state index in [0.717, 1.165) is 5.56 Å². The molecule has 0 unspecified atom stereocenters. The molecule has 0 spiro atoms. The van der Waals surface area contributed by atoms with Crippen LogP contribution in [0.3, 0.4) is 0 Å². The fourth-order valence-electron chi connectivity index (χ4n) is 2.79. The van der Waals surface area contributed by atoms with E-state index in [1.165, 1.54) is 0 Å². The second kappa shape index (κ2) is 6.34. The lowest BCUT2D eigenvalue weighted by atomic mass is 10.1. The summed E-state index contributed by atoms with van der Waals surface area (Å²) >= 11 is 6.07. The molecule has 6 heteroatoms. The van der Waals surface area contributed by atoms with Crippen molar-refractivity contribution in [3.05, 3.63) is 64.7 Å². The molecule has 3 rings (SSSR count). The van der Waals surface area contributed by atoms with Gasteiger partial charge in [0.05, 0.1) is 16.7 Å². The molecule has 0 aliphatic carbocycles. The normalized spacial score (nSPS) is 18.4. The van der Waals surface area contributed by atoms with Gasteiger partial charge >= 0.3 is 0 Å². The Hall–Kier alpha value is -1.85. The van der Waals surface area contributed by atoms with Gasteiger partial charge in [0.15, 0.2) is 9.84 Å². The van der Waals surface area contributed by atoms with Crippen LogP contribution in [0.25, 0.3) is 0 Å². The van der Waals surface area contributed by atoms with Crippen LogP contribution in [0.1, 0.15) is 23.6 Å². The number of benzene rings is 2. The maximum Gasteiger partial charge on any atom is 0.220 e. The summed E-state index contributed by atoms with van der Waals surface area (Å²) in [5.74, 6) is -0.258. The molecule has 4 nitrogen and oxygen atoms in total. The van der Waals surface area contributed by atoms with Crippen molar-refractivity contribution in [2.24, 2.45) is 0 Å². The van der Waals surface area contributed by atoms with E-state index in [0.29, 0.717) is 21.9 Å². The van der Waals surface area contributed by atoms with Gasteiger partial charge in [0.25, 0.3) is 0 Å². The van der Waals surface area contributed by atoms with Gasteiger partial charge in [-0.05, 0) is 29.7 Å². The molecular weight excluding hydrogens is 334 g/mol. The highest BCUT2D eigenvalue weighted by Gasteiger charge is 2.34. The first-order valence-electron chi connectivity index (χ1n) is 7.32. The van der Waals surface area contributed by atoms with Crippen molar-refractivity contribution in [2.75, 3.05) is 5.75 Å². The minimum Gasteiger partial charge on any atom is -0.348 e. The largest absolute Gasteiger partial charge is 0.348 e. The van der Waals surface area contributed by atoms with E-state index in [1.807, 2.05) is 18.2 Å². The van der Waals surface area contributed by atoms with Gasteiger partial charge in [-0.2, -0.15) is 0 Å². The average molecular weight is 350 g/mol. The number of nitrogens with one attached hydrogen (secondary N) is 1. The Balaban J connectivity index is 1.67. The van der Waals surface area contributed by atoms with Crippen molar-refractivity contribution in [2.45, 2.75) is 23.8 Å². The van der Waals surface area contributed by atoms with Gasteiger partial charge < -0.3 is 5.32 Å². The van der Waals surface area contributed by atoms with Crippen molar-refractivity contribution in [3.8, 4) is 0 Å². The third kappa shape index (κ3) is 3.41. The number of halogens is 1. The standard InChI is InChI=1S/C17H16ClNO3S/c18-14-7-3-1-5-12(14)9-10-17(20)19-15-11-23(21,22)16-8-4-2-6-13(15)16/h1-8,15H,9-11H2,(H,19,20)/t15-/m1/s1. The topological polar surface area (TPSA) is 63.2 Å². The summed E-state index contributed by atoms with van der Waals surface area (Å²) in [5, 5.41) is 3.45. The molecule has 0 bridgehead atoms. The second-order valence-corrected chi connectivity index (χ2v) is 7.94. The smallest absolute Gasteiger partial charge is 0.220 e. The highest BCUT2D eigenvalue weighted by molar-refractivity contribution is 7.91. The van der Waals surface area contributed by atoms with Gasteiger partial charge in [0.1, 0.15) is 0 Å². The Morgan fingerprint density at radius 2 is 1.83 bits per heavy atom. The maximum atomic E-state index is 12.2. The van der Waals surface area contributed by atoms with Crippen LogP contribution in [-0.2, 0) is 21.1 Å².